The van der Waals surface area contributed by atoms with Crippen molar-refractivity contribution in [3.8, 4) is 0 Å². The zero-order valence-electron chi connectivity index (χ0n) is 18.3. The molecule has 1 atom stereocenters. The summed E-state index contributed by atoms with van der Waals surface area (Å²) in [4.78, 5) is 23.2. The third-order valence-electron chi connectivity index (χ3n) is 5.19. The average molecular weight is 384 g/mol. The van der Waals surface area contributed by atoms with E-state index in [1.807, 2.05) is 13.8 Å². The zero-order valence-corrected chi connectivity index (χ0v) is 18.3. The van der Waals surface area contributed by atoms with Crippen LogP contribution in [0.25, 0.3) is 0 Å². The number of carbonyl (C=O) groups excluding carboxylic acids is 2. The van der Waals surface area contributed by atoms with Gasteiger partial charge in [0.1, 0.15) is 6.04 Å². The highest BCUT2D eigenvalue weighted by Gasteiger charge is 2.21. The summed E-state index contributed by atoms with van der Waals surface area (Å²) in [7, 11) is 0. The second-order valence-corrected chi connectivity index (χ2v) is 8.26. The fraction of sp³-hybridized carbons (Fsp3) is 0.913. The van der Waals surface area contributed by atoms with Gasteiger partial charge in [-0.05, 0) is 12.3 Å². The Kier molecular flexibility index (Phi) is 17.8. The molecule has 0 aliphatic carbocycles. The molecule has 0 saturated carbocycles. The van der Waals surface area contributed by atoms with Crippen LogP contribution in [0.4, 0.5) is 0 Å². The molecule has 27 heavy (non-hydrogen) atoms. The standard InChI is InChI=1S/C23H45NO3/c1-4-5-6-7-8-9-10-11-12-13-14-15-16-17-18-19-21(25)27-23(26)22(24)20(2)3/h20,22H,4-19,24H2,1-3H3. The Morgan fingerprint density at radius 3 is 1.44 bits per heavy atom. The summed E-state index contributed by atoms with van der Waals surface area (Å²) in [6.45, 7) is 5.94. The first-order chi connectivity index (χ1) is 13.0. The highest BCUT2D eigenvalue weighted by atomic mass is 16.6. The second kappa shape index (κ2) is 18.5. The minimum absolute atomic E-state index is 0.0175. The molecule has 0 bridgehead atoms. The summed E-state index contributed by atoms with van der Waals surface area (Å²) in [6, 6.07) is -0.713. The number of nitrogens with two attached hydrogens (primary N) is 1. The first-order valence-corrected chi connectivity index (χ1v) is 11.5. The highest BCUT2D eigenvalue weighted by molar-refractivity contribution is 5.88. The maximum atomic E-state index is 11.6. The Labute approximate surface area is 168 Å². The van der Waals surface area contributed by atoms with Gasteiger partial charge in [0.05, 0.1) is 0 Å². The van der Waals surface area contributed by atoms with Gasteiger partial charge < -0.3 is 10.5 Å². The minimum Gasteiger partial charge on any atom is -0.392 e. The van der Waals surface area contributed by atoms with Crippen LogP contribution >= 0.6 is 0 Å². The molecule has 4 nitrogen and oxygen atoms in total. The van der Waals surface area contributed by atoms with Crippen molar-refractivity contribution in [2.45, 2.75) is 130 Å². The molecule has 0 radical (unpaired) electrons. The van der Waals surface area contributed by atoms with E-state index in [1.165, 1.54) is 77.0 Å². The van der Waals surface area contributed by atoms with Crippen molar-refractivity contribution < 1.29 is 14.3 Å². The number of esters is 2. The van der Waals surface area contributed by atoms with Gasteiger partial charge in [0.25, 0.3) is 0 Å². The molecular formula is C23H45NO3. The maximum Gasteiger partial charge on any atom is 0.330 e. The summed E-state index contributed by atoms with van der Waals surface area (Å²) in [5.74, 6) is -1.06. The van der Waals surface area contributed by atoms with Crippen LogP contribution < -0.4 is 5.73 Å². The van der Waals surface area contributed by atoms with E-state index in [9.17, 15) is 9.59 Å². The molecule has 0 aliphatic heterocycles. The summed E-state index contributed by atoms with van der Waals surface area (Å²) in [5, 5.41) is 0. The van der Waals surface area contributed by atoms with Gasteiger partial charge in [0.2, 0.25) is 0 Å². The van der Waals surface area contributed by atoms with Gasteiger partial charge in [0.15, 0.2) is 0 Å². The molecule has 2 N–H and O–H groups in total. The first kappa shape index (κ1) is 26.1. The number of rotatable bonds is 18. The molecule has 0 aromatic rings. The molecule has 0 aromatic heterocycles. The molecule has 0 amide bonds. The van der Waals surface area contributed by atoms with E-state index in [0.29, 0.717) is 6.42 Å². The van der Waals surface area contributed by atoms with E-state index in [-0.39, 0.29) is 5.92 Å². The van der Waals surface area contributed by atoms with Crippen LogP contribution in [0, 0.1) is 5.92 Å². The van der Waals surface area contributed by atoms with Gasteiger partial charge in [-0.2, -0.15) is 0 Å². The molecule has 0 fully saturated rings. The molecule has 0 aromatic carbocycles. The molecular weight excluding hydrogens is 338 g/mol. The molecule has 4 heteroatoms. The van der Waals surface area contributed by atoms with Gasteiger partial charge in [-0.15, -0.1) is 0 Å². The Balaban J connectivity index is 3.31. The topological polar surface area (TPSA) is 69.4 Å². The van der Waals surface area contributed by atoms with Gasteiger partial charge in [0, 0.05) is 6.42 Å². The molecule has 0 aliphatic rings. The van der Waals surface area contributed by atoms with Crippen molar-refractivity contribution >= 4 is 11.9 Å². The normalized spacial score (nSPS) is 12.3. The van der Waals surface area contributed by atoms with Crippen LogP contribution in [0.3, 0.4) is 0 Å². The Bertz CT molecular complexity index is 369. The predicted octanol–water partition coefficient (Wildman–Crippen LogP) is 6.30. The maximum absolute atomic E-state index is 11.6. The quantitative estimate of drug-likeness (QED) is 0.171. The predicted molar refractivity (Wildman–Crippen MR) is 113 cm³/mol. The molecule has 0 saturated heterocycles. The summed E-state index contributed by atoms with van der Waals surface area (Å²) in [5.41, 5.74) is 5.67. The zero-order chi connectivity index (χ0) is 20.3. The monoisotopic (exact) mass is 383 g/mol. The smallest absolute Gasteiger partial charge is 0.330 e. The fourth-order valence-corrected chi connectivity index (χ4v) is 3.14. The third-order valence-corrected chi connectivity index (χ3v) is 5.19. The largest absolute Gasteiger partial charge is 0.392 e. The van der Waals surface area contributed by atoms with Crippen LogP contribution in [0.2, 0.25) is 0 Å². The lowest BCUT2D eigenvalue weighted by Gasteiger charge is -2.13. The van der Waals surface area contributed by atoms with Crippen molar-refractivity contribution in [3.05, 3.63) is 0 Å². The lowest BCUT2D eigenvalue weighted by atomic mass is 10.0. The van der Waals surface area contributed by atoms with E-state index in [4.69, 9.17) is 10.5 Å². The van der Waals surface area contributed by atoms with Crippen LogP contribution in [-0.2, 0) is 14.3 Å². The summed E-state index contributed by atoms with van der Waals surface area (Å²) >= 11 is 0. The molecule has 1 unspecified atom stereocenters. The highest BCUT2D eigenvalue weighted by Crippen LogP contribution is 2.14. The Morgan fingerprint density at radius 1 is 0.704 bits per heavy atom. The van der Waals surface area contributed by atoms with E-state index in [2.05, 4.69) is 6.92 Å². The van der Waals surface area contributed by atoms with Gasteiger partial charge in [-0.1, -0.05) is 111 Å². The SMILES string of the molecule is CCCCCCCCCCCCCCCCCC(=O)OC(=O)C(N)C(C)C. The van der Waals surface area contributed by atoms with Crippen LogP contribution in [-0.4, -0.2) is 18.0 Å². The van der Waals surface area contributed by atoms with E-state index >= 15 is 0 Å². The lowest BCUT2D eigenvalue weighted by molar-refractivity contribution is -0.161. The van der Waals surface area contributed by atoms with Crippen LogP contribution in [0.15, 0.2) is 0 Å². The van der Waals surface area contributed by atoms with Gasteiger partial charge in [-0.25, -0.2) is 4.79 Å². The van der Waals surface area contributed by atoms with Crippen molar-refractivity contribution in [3.63, 3.8) is 0 Å². The Morgan fingerprint density at radius 2 is 1.07 bits per heavy atom. The molecule has 0 spiro atoms. The second-order valence-electron chi connectivity index (χ2n) is 8.26. The molecule has 0 heterocycles. The summed E-state index contributed by atoms with van der Waals surface area (Å²) in [6.07, 6.45) is 19.7. The number of hydrogen-bond acceptors (Lipinski definition) is 4. The van der Waals surface area contributed by atoms with E-state index in [1.54, 1.807) is 0 Å². The molecule has 160 valence electrons. The Hall–Kier alpha value is -0.900. The number of ether oxygens (including phenoxy) is 1. The number of unbranched alkanes of at least 4 members (excludes halogenated alkanes) is 14. The summed E-state index contributed by atoms with van der Waals surface area (Å²) < 4.78 is 4.79. The fourth-order valence-electron chi connectivity index (χ4n) is 3.14. The van der Waals surface area contributed by atoms with Crippen molar-refractivity contribution in [2.24, 2.45) is 11.7 Å². The van der Waals surface area contributed by atoms with E-state index < -0.39 is 18.0 Å². The van der Waals surface area contributed by atoms with Crippen molar-refractivity contribution in [2.75, 3.05) is 0 Å². The van der Waals surface area contributed by atoms with Gasteiger partial charge in [-0.3, -0.25) is 4.79 Å². The van der Waals surface area contributed by atoms with Crippen LogP contribution in [0.5, 0.6) is 0 Å². The average Bonchev–Trinajstić information content (AvgIpc) is 2.64. The van der Waals surface area contributed by atoms with Gasteiger partial charge >= 0.3 is 11.9 Å². The number of hydrogen-bond donors (Lipinski definition) is 1. The van der Waals surface area contributed by atoms with E-state index in [0.717, 1.165) is 19.3 Å². The first-order valence-electron chi connectivity index (χ1n) is 11.5. The lowest BCUT2D eigenvalue weighted by Crippen LogP contribution is -2.38. The van der Waals surface area contributed by atoms with Crippen molar-refractivity contribution in [1.29, 1.82) is 0 Å². The van der Waals surface area contributed by atoms with Crippen LogP contribution in [0.1, 0.15) is 124 Å². The third kappa shape index (κ3) is 17.0. The minimum atomic E-state index is -0.713. The molecule has 0 rings (SSSR count). The number of carbonyl (C=O) groups is 2. The van der Waals surface area contributed by atoms with Crippen molar-refractivity contribution in [1.82, 2.24) is 0 Å².